The molecular weight excluding hydrogens is 735 g/mol. The molecule has 0 aliphatic carbocycles. The van der Waals surface area contributed by atoms with Crippen LogP contribution in [0.25, 0.3) is 94.2 Å². The second-order valence-corrected chi connectivity index (χ2v) is 15.2. The second kappa shape index (κ2) is 13.8. The predicted octanol–water partition coefficient (Wildman–Crippen LogP) is 15.3. The number of furan rings is 2. The van der Waals surface area contributed by atoms with Gasteiger partial charge in [0, 0.05) is 62.0 Å². The number of rotatable bonds is 7. The lowest BCUT2D eigenvalue weighted by atomic mass is 9.98. The summed E-state index contributed by atoms with van der Waals surface area (Å²) in [6.07, 6.45) is 0. The van der Waals surface area contributed by atoms with Gasteiger partial charge in [-0.1, -0.05) is 121 Å². The summed E-state index contributed by atoms with van der Waals surface area (Å²) in [5, 5.41) is 4.41. The standard InChI is InChI=1S/C55H35N3O2/c1-3-12-37(13-4-1)55-56-49-31-24-40(33-50(49)58(55)41-16-5-2-6-17-41)39-15-11-14-38(32-39)36-22-25-42(26-23-36)57(43-27-29-47-45-18-7-9-20-51(45)59-53(47)34-43)44-28-30-48-46-19-8-10-21-52(46)60-54(48)35-44/h1-35H. The molecule has 0 saturated heterocycles. The zero-order valence-corrected chi connectivity index (χ0v) is 32.4. The van der Waals surface area contributed by atoms with Crippen molar-refractivity contribution in [1.82, 2.24) is 9.55 Å². The number of aromatic nitrogens is 2. The van der Waals surface area contributed by atoms with Crippen molar-refractivity contribution >= 4 is 72.0 Å². The summed E-state index contributed by atoms with van der Waals surface area (Å²) in [4.78, 5) is 7.40. The molecule has 0 radical (unpaired) electrons. The van der Waals surface area contributed by atoms with E-state index < -0.39 is 0 Å². The van der Waals surface area contributed by atoms with Gasteiger partial charge in [-0.3, -0.25) is 4.57 Å². The summed E-state index contributed by atoms with van der Waals surface area (Å²) in [7, 11) is 0. The van der Waals surface area contributed by atoms with Crippen molar-refractivity contribution in [2.24, 2.45) is 0 Å². The highest BCUT2D eigenvalue weighted by atomic mass is 16.3. The van der Waals surface area contributed by atoms with Gasteiger partial charge in [0.25, 0.3) is 0 Å². The van der Waals surface area contributed by atoms with E-state index in [0.29, 0.717) is 0 Å². The summed E-state index contributed by atoms with van der Waals surface area (Å²) in [5.41, 5.74) is 15.2. The van der Waals surface area contributed by atoms with Gasteiger partial charge in [0.2, 0.25) is 0 Å². The molecule has 12 aromatic rings. The summed E-state index contributed by atoms with van der Waals surface area (Å²) >= 11 is 0. The van der Waals surface area contributed by atoms with Gasteiger partial charge in [-0.2, -0.15) is 0 Å². The Kier molecular flexibility index (Phi) is 7.78. The Morgan fingerprint density at radius 3 is 1.50 bits per heavy atom. The minimum atomic E-state index is 0.846. The Morgan fingerprint density at radius 1 is 0.350 bits per heavy atom. The number of imidazole rings is 1. The van der Waals surface area contributed by atoms with Crippen molar-refractivity contribution in [2.45, 2.75) is 0 Å². The van der Waals surface area contributed by atoms with Gasteiger partial charge >= 0.3 is 0 Å². The number of nitrogens with zero attached hydrogens (tertiary/aromatic N) is 3. The van der Waals surface area contributed by atoms with Gasteiger partial charge < -0.3 is 13.7 Å². The zero-order valence-electron chi connectivity index (χ0n) is 32.4. The molecule has 9 aromatic carbocycles. The van der Waals surface area contributed by atoms with E-state index in [-0.39, 0.29) is 0 Å². The molecule has 0 fully saturated rings. The first kappa shape index (κ1) is 33.9. The van der Waals surface area contributed by atoms with E-state index in [0.717, 1.165) is 111 Å². The summed E-state index contributed by atoms with van der Waals surface area (Å²) in [6, 6.07) is 74.4. The molecule has 0 unspecified atom stereocenters. The Balaban J connectivity index is 0.935. The van der Waals surface area contributed by atoms with Crippen molar-refractivity contribution < 1.29 is 8.83 Å². The second-order valence-electron chi connectivity index (χ2n) is 15.2. The van der Waals surface area contributed by atoms with Gasteiger partial charge in [0.15, 0.2) is 0 Å². The lowest BCUT2D eigenvalue weighted by Gasteiger charge is -2.25. The summed E-state index contributed by atoms with van der Waals surface area (Å²) < 4.78 is 15.0. The van der Waals surface area contributed by atoms with E-state index in [4.69, 9.17) is 13.8 Å². The molecule has 0 aliphatic heterocycles. The minimum Gasteiger partial charge on any atom is -0.456 e. The molecule has 0 atom stereocenters. The van der Waals surface area contributed by atoms with Crippen molar-refractivity contribution in [3.8, 4) is 39.3 Å². The van der Waals surface area contributed by atoms with E-state index in [2.05, 4.69) is 185 Å². The fraction of sp³-hybridized carbons (Fsp3) is 0. The van der Waals surface area contributed by atoms with Crippen molar-refractivity contribution in [2.75, 3.05) is 4.90 Å². The Labute approximate surface area is 345 Å². The molecule has 0 saturated carbocycles. The van der Waals surface area contributed by atoms with Crippen LogP contribution in [0.15, 0.2) is 221 Å². The number of fused-ring (bicyclic) bond motifs is 7. The topological polar surface area (TPSA) is 47.3 Å². The fourth-order valence-electron chi connectivity index (χ4n) is 8.71. The third-order valence-electron chi connectivity index (χ3n) is 11.6. The Morgan fingerprint density at radius 2 is 0.850 bits per heavy atom. The van der Waals surface area contributed by atoms with Crippen molar-refractivity contribution in [3.63, 3.8) is 0 Å². The van der Waals surface area contributed by atoms with Crippen LogP contribution >= 0.6 is 0 Å². The normalized spacial score (nSPS) is 11.7. The average molecular weight is 770 g/mol. The molecule has 0 bridgehead atoms. The maximum absolute atomic E-state index is 6.37. The van der Waals surface area contributed by atoms with E-state index >= 15 is 0 Å². The minimum absolute atomic E-state index is 0.846. The van der Waals surface area contributed by atoms with Gasteiger partial charge in [0.05, 0.1) is 11.0 Å². The summed E-state index contributed by atoms with van der Waals surface area (Å²) in [5.74, 6) is 0.923. The van der Waals surface area contributed by atoms with Gasteiger partial charge in [0.1, 0.15) is 28.2 Å². The lowest BCUT2D eigenvalue weighted by Crippen LogP contribution is -2.09. The molecule has 5 heteroatoms. The molecule has 0 amide bonds. The van der Waals surface area contributed by atoms with Gasteiger partial charge in [-0.25, -0.2) is 4.98 Å². The first-order valence-corrected chi connectivity index (χ1v) is 20.2. The number of para-hydroxylation sites is 3. The zero-order chi connectivity index (χ0) is 39.6. The van der Waals surface area contributed by atoms with Crippen molar-refractivity contribution in [1.29, 1.82) is 0 Å². The monoisotopic (exact) mass is 769 g/mol. The fourth-order valence-corrected chi connectivity index (χ4v) is 8.71. The molecule has 5 nitrogen and oxygen atoms in total. The van der Waals surface area contributed by atoms with Crippen LogP contribution in [0.4, 0.5) is 17.1 Å². The Hall–Kier alpha value is -8.15. The van der Waals surface area contributed by atoms with E-state index in [1.165, 1.54) is 0 Å². The molecule has 0 aliphatic rings. The predicted molar refractivity (Wildman–Crippen MR) is 247 cm³/mol. The molecule has 60 heavy (non-hydrogen) atoms. The van der Waals surface area contributed by atoms with Crippen LogP contribution in [0, 0.1) is 0 Å². The first-order valence-electron chi connectivity index (χ1n) is 20.2. The van der Waals surface area contributed by atoms with Crippen LogP contribution in [-0.2, 0) is 0 Å². The highest BCUT2D eigenvalue weighted by molar-refractivity contribution is 6.08. The third kappa shape index (κ3) is 5.67. The van der Waals surface area contributed by atoms with Crippen LogP contribution < -0.4 is 4.90 Å². The van der Waals surface area contributed by atoms with Crippen LogP contribution in [-0.4, -0.2) is 9.55 Å². The molecule has 12 rings (SSSR count). The quantitative estimate of drug-likeness (QED) is 0.162. The highest BCUT2D eigenvalue weighted by Gasteiger charge is 2.19. The maximum atomic E-state index is 6.37. The van der Waals surface area contributed by atoms with Gasteiger partial charge in [-0.05, 0) is 101 Å². The molecule has 0 N–H and O–H groups in total. The van der Waals surface area contributed by atoms with Crippen LogP contribution in [0.3, 0.4) is 0 Å². The number of hydrogen-bond donors (Lipinski definition) is 0. The average Bonchev–Trinajstić information content (AvgIpc) is 4.01. The molecule has 3 heterocycles. The smallest absolute Gasteiger partial charge is 0.145 e. The van der Waals surface area contributed by atoms with E-state index in [9.17, 15) is 0 Å². The van der Waals surface area contributed by atoms with Crippen LogP contribution in [0.1, 0.15) is 0 Å². The van der Waals surface area contributed by atoms with E-state index in [1.807, 2.05) is 36.4 Å². The number of anilines is 3. The SMILES string of the molecule is c1ccc(-c2nc3ccc(-c4cccc(-c5ccc(N(c6ccc7c(c6)oc6ccccc67)c6ccc7c(c6)oc6ccccc67)cc5)c4)cc3n2-c2ccccc2)cc1. The maximum Gasteiger partial charge on any atom is 0.145 e. The third-order valence-corrected chi connectivity index (χ3v) is 11.6. The van der Waals surface area contributed by atoms with Gasteiger partial charge in [-0.15, -0.1) is 0 Å². The number of benzene rings is 9. The Bertz CT molecular complexity index is 3430. The van der Waals surface area contributed by atoms with E-state index in [1.54, 1.807) is 0 Å². The highest BCUT2D eigenvalue weighted by Crippen LogP contribution is 2.42. The number of hydrogen-bond acceptors (Lipinski definition) is 4. The first-order chi connectivity index (χ1) is 29.7. The van der Waals surface area contributed by atoms with Crippen molar-refractivity contribution in [3.05, 3.63) is 212 Å². The molecule has 282 valence electrons. The molecule has 0 spiro atoms. The van der Waals surface area contributed by atoms with Crippen LogP contribution in [0.2, 0.25) is 0 Å². The molecule has 3 aromatic heterocycles. The lowest BCUT2D eigenvalue weighted by molar-refractivity contribution is 0.669. The van der Waals surface area contributed by atoms with Crippen LogP contribution in [0.5, 0.6) is 0 Å². The summed E-state index contributed by atoms with van der Waals surface area (Å²) in [6.45, 7) is 0. The largest absolute Gasteiger partial charge is 0.456 e. The molecular formula is C55H35N3O2.